The van der Waals surface area contributed by atoms with Crippen molar-refractivity contribution in [3.63, 3.8) is 0 Å². The molecule has 5 rings (SSSR count). The van der Waals surface area contributed by atoms with Gasteiger partial charge in [-0.2, -0.15) is 0 Å². The molecule has 0 fully saturated rings. The average Bonchev–Trinajstić information content (AvgIpc) is 3.29. The number of anilines is 1. The fourth-order valence-corrected chi connectivity index (χ4v) is 5.45. The van der Waals surface area contributed by atoms with E-state index in [0.717, 1.165) is 22.5 Å². The third kappa shape index (κ3) is 4.07. The fraction of sp³-hybridized carbons (Fsp3) is 0.214. The van der Waals surface area contributed by atoms with Crippen molar-refractivity contribution in [3.8, 4) is 5.69 Å². The Labute approximate surface area is 213 Å². The quantitative estimate of drug-likeness (QED) is 0.302. The first-order valence-electron chi connectivity index (χ1n) is 11.9. The second kappa shape index (κ2) is 9.62. The zero-order valence-electron chi connectivity index (χ0n) is 20.7. The van der Waals surface area contributed by atoms with Gasteiger partial charge in [0.15, 0.2) is 5.16 Å². The van der Waals surface area contributed by atoms with Crippen LogP contribution in [-0.4, -0.2) is 36.9 Å². The molecule has 0 radical (unpaired) electrons. The standard InChI is InChI=1S/C28H27N5O2S/c1-5-31(21-11-7-6-8-12-21)25(34)20(4)36-28-30-29-27-32(23-16-15-18(2)17-19(23)3)26(35)22-13-9-10-14-24(22)33(27)28/h6-17,20H,5H2,1-4H3. The van der Waals surface area contributed by atoms with E-state index in [1.165, 1.54) is 11.8 Å². The number of hydrogen-bond donors (Lipinski definition) is 0. The summed E-state index contributed by atoms with van der Waals surface area (Å²) < 4.78 is 3.49. The van der Waals surface area contributed by atoms with Crippen LogP contribution in [0.3, 0.4) is 0 Å². The number of aryl methyl sites for hydroxylation is 2. The summed E-state index contributed by atoms with van der Waals surface area (Å²) in [6.07, 6.45) is 0. The van der Waals surface area contributed by atoms with E-state index < -0.39 is 5.25 Å². The van der Waals surface area contributed by atoms with Gasteiger partial charge in [-0.3, -0.25) is 14.0 Å². The van der Waals surface area contributed by atoms with Crippen LogP contribution in [0.2, 0.25) is 0 Å². The van der Waals surface area contributed by atoms with Crippen LogP contribution in [-0.2, 0) is 4.79 Å². The lowest BCUT2D eigenvalue weighted by Gasteiger charge is -2.24. The number of benzene rings is 3. The van der Waals surface area contributed by atoms with Crippen LogP contribution in [0.5, 0.6) is 0 Å². The van der Waals surface area contributed by atoms with Crippen LogP contribution in [0.25, 0.3) is 22.4 Å². The van der Waals surface area contributed by atoms with Gasteiger partial charge in [-0.05, 0) is 63.6 Å². The number of aromatic nitrogens is 4. The highest BCUT2D eigenvalue weighted by Crippen LogP contribution is 2.28. The lowest BCUT2D eigenvalue weighted by molar-refractivity contribution is -0.117. The molecule has 7 nitrogen and oxygen atoms in total. The lowest BCUT2D eigenvalue weighted by Crippen LogP contribution is -2.36. The largest absolute Gasteiger partial charge is 0.312 e. The number of nitrogens with zero attached hydrogens (tertiary/aromatic N) is 5. The number of carbonyl (C=O) groups is 1. The summed E-state index contributed by atoms with van der Waals surface area (Å²) in [6.45, 7) is 8.40. The minimum atomic E-state index is -0.419. The van der Waals surface area contributed by atoms with Crippen molar-refractivity contribution in [1.29, 1.82) is 0 Å². The van der Waals surface area contributed by atoms with Crippen molar-refractivity contribution < 1.29 is 4.79 Å². The highest BCUT2D eigenvalue weighted by atomic mass is 32.2. The minimum absolute atomic E-state index is 0.0162. The number of fused-ring (bicyclic) bond motifs is 3. The van der Waals surface area contributed by atoms with E-state index in [9.17, 15) is 9.59 Å². The molecule has 8 heteroatoms. The van der Waals surface area contributed by atoms with Crippen LogP contribution in [0, 0.1) is 13.8 Å². The molecule has 1 atom stereocenters. The van der Waals surface area contributed by atoms with Crippen molar-refractivity contribution in [1.82, 2.24) is 19.2 Å². The molecule has 0 spiro atoms. The summed E-state index contributed by atoms with van der Waals surface area (Å²) in [5.74, 6) is 0.403. The molecule has 182 valence electrons. The van der Waals surface area contributed by atoms with Crippen LogP contribution >= 0.6 is 11.8 Å². The first-order valence-corrected chi connectivity index (χ1v) is 12.8. The Bertz CT molecular complexity index is 1640. The van der Waals surface area contributed by atoms with Gasteiger partial charge in [0.1, 0.15) is 0 Å². The van der Waals surface area contributed by atoms with Crippen molar-refractivity contribution in [3.05, 3.63) is 94.3 Å². The van der Waals surface area contributed by atoms with Crippen LogP contribution in [0.4, 0.5) is 5.69 Å². The number of rotatable bonds is 6. The predicted octanol–water partition coefficient (Wildman–Crippen LogP) is 5.18. The molecule has 1 amide bonds. The van der Waals surface area contributed by atoms with E-state index in [4.69, 9.17) is 0 Å². The van der Waals surface area contributed by atoms with Gasteiger partial charge in [0.05, 0.1) is 21.8 Å². The first-order chi connectivity index (χ1) is 17.4. The maximum Gasteiger partial charge on any atom is 0.267 e. The molecule has 0 N–H and O–H groups in total. The molecule has 3 aromatic carbocycles. The molecule has 36 heavy (non-hydrogen) atoms. The van der Waals surface area contributed by atoms with E-state index in [1.54, 1.807) is 9.47 Å². The molecule has 0 aliphatic carbocycles. The number of carbonyl (C=O) groups excluding carboxylic acids is 1. The maximum atomic E-state index is 13.6. The van der Waals surface area contributed by atoms with E-state index >= 15 is 0 Å². The van der Waals surface area contributed by atoms with E-state index in [-0.39, 0.29) is 11.5 Å². The molecule has 0 bridgehead atoms. The minimum Gasteiger partial charge on any atom is -0.312 e. The smallest absolute Gasteiger partial charge is 0.267 e. The Balaban J connectivity index is 1.63. The second-order valence-corrected chi connectivity index (χ2v) is 10.1. The predicted molar refractivity (Wildman–Crippen MR) is 145 cm³/mol. The highest BCUT2D eigenvalue weighted by molar-refractivity contribution is 8.00. The van der Waals surface area contributed by atoms with Crippen LogP contribution in [0.1, 0.15) is 25.0 Å². The third-order valence-electron chi connectivity index (χ3n) is 6.27. The van der Waals surface area contributed by atoms with Gasteiger partial charge < -0.3 is 4.90 Å². The number of amides is 1. The maximum absolute atomic E-state index is 13.6. The fourth-order valence-electron chi connectivity index (χ4n) is 4.53. The third-order valence-corrected chi connectivity index (χ3v) is 7.30. The van der Waals surface area contributed by atoms with Gasteiger partial charge in [0, 0.05) is 12.2 Å². The number of hydrogen-bond acceptors (Lipinski definition) is 5. The van der Waals surface area contributed by atoms with Gasteiger partial charge >= 0.3 is 0 Å². The molecule has 0 aliphatic heterocycles. The molecule has 1 unspecified atom stereocenters. The van der Waals surface area contributed by atoms with E-state index in [1.807, 2.05) is 105 Å². The summed E-state index contributed by atoms with van der Waals surface area (Å²) in [6, 6.07) is 23.1. The molecule has 5 aromatic rings. The molecule has 0 saturated heterocycles. The van der Waals surface area contributed by atoms with Gasteiger partial charge in [0.25, 0.3) is 5.56 Å². The summed E-state index contributed by atoms with van der Waals surface area (Å²) in [5.41, 5.74) is 4.26. The molecule has 0 aliphatic rings. The van der Waals surface area contributed by atoms with Crippen molar-refractivity contribution in [2.24, 2.45) is 0 Å². The van der Waals surface area contributed by atoms with Gasteiger partial charge in [-0.25, -0.2) is 4.57 Å². The molecular formula is C28H27N5O2S. The van der Waals surface area contributed by atoms with Crippen LogP contribution < -0.4 is 10.5 Å². The Morgan fingerprint density at radius 1 is 1.00 bits per heavy atom. The topological polar surface area (TPSA) is 72.5 Å². The Kier molecular flexibility index (Phi) is 6.36. The Morgan fingerprint density at radius 2 is 1.72 bits per heavy atom. The van der Waals surface area contributed by atoms with Crippen molar-refractivity contribution >= 4 is 40.0 Å². The molecule has 2 aromatic heterocycles. The molecule has 2 heterocycles. The van der Waals surface area contributed by atoms with Gasteiger partial charge in [0.2, 0.25) is 11.7 Å². The average molecular weight is 498 g/mol. The first kappa shape index (κ1) is 23.8. The summed E-state index contributed by atoms with van der Waals surface area (Å²) in [7, 11) is 0. The number of thioether (sulfide) groups is 1. The zero-order valence-corrected chi connectivity index (χ0v) is 21.5. The van der Waals surface area contributed by atoms with Gasteiger partial charge in [-0.15, -0.1) is 10.2 Å². The summed E-state index contributed by atoms with van der Waals surface area (Å²) in [4.78, 5) is 28.8. The molecular weight excluding hydrogens is 470 g/mol. The van der Waals surface area contributed by atoms with Crippen LogP contribution in [0.15, 0.2) is 82.7 Å². The van der Waals surface area contributed by atoms with Gasteiger partial charge in [-0.1, -0.05) is 59.8 Å². The SMILES string of the molecule is CCN(C(=O)C(C)Sc1nnc2n(-c3ccc(C)cc3C)c(=O)c3ccccc3n12)c1ccccc1. The molecule has 0 saturated carbocycles. The zero-order chi connectivity index (χ0) is 25.4. The Morgan fingerprint density at radius 3 is 2.44 bits per heavy atom. The van der Waals surface area contributed by atoms with Crippen molar-refractivity contribution in [2.75, 3.05) is 11.4 Å². The monoisotopic (exact) mass is 497 g/mol. The summed E-state index contributed by atoms with van der Waals surface area (Å²) in [5, 5.41) is 9.58. The normalized spacial score (nSPS) is 12.2. The highest BCUT2D eigenvalue weighted by Gasteiger charge is 2.25. The van der Waals surface area contributed by atoms with E-state index in [2.05, 4.69) is 10.2 Å². The van der Waals surface area contributed by atoms with E-state index in [0.29, 0.717) is 28.4 Å². The summed E-state index contributed by atoms with van der Waals surface area (Å²) >= 11 is 1.34. The lowest BCUT2D eigenvalue weighted by atomic mass is 10.1. The second-order valence-electron chi connectivity index (χ2n) is 8.74. The number of para-hydroxylation sites is 2. The Hall–Kier alpha value is -3.91. The van der Waals surface area contributed by atoms with Crippen molar-refractivity contribution in [2.45, 2.75) is 38.1 Å².